The van der Waals surface area contributed by atoms with Crippen LogP contribution in [-0.2, 0) is 0 Å². The number of benzene rings is 1. The van der Waals surface area contributed by atoms with E-state index in [0.29, 0.717) is 11.3 Å². The Morgan fingerprint density at radius 3 is 2.56 bits per heavy atom. The fraction of sp³-hybridized carbons (Fsp3) is 0.0769. The number of halogens is 2. The Morgan fingerprint density at radius 2 is 1.94 bits per heavy atom. The molecular weight excluding hydrogens is 255 g/mol. The highest BCUT2D eigenvalue weighted by atomic mass is 35.5. The van der Waals surface area contributed by atoms with Gasteiger partial charge in [0.25, 0.3) is 5.91 Å². The summed E-state index contributed by atoms with van der Waals surface area (Å²) in [4.78, 5) is 17.4. The molecule has 1 amide bonds. The van der Waals surface area contributed by atoms with Gasteiger partial charge >= 0.3 is 0 Å². The lowest BCUT2D eigenvalue weighted by Crippen LogP contribution is -2.26. The zero-order chi connectivity index (χ0) is 13.1. The highest BCUT2D eigenvalue weighted by molar-refractivity contribution is 6.34. The summed E-state index contributed by atoms with van der Waals surface area (Å²) in [5, 5.41) is 0.288. The smallest absolute Gasteiger partial charge is 0.259 e. The van der Waals surface area contributed by atoms with Crippen LogP contribution in [-0.4, -0.2) is 17.9 Å². The summed E-state index contributed by atoms with van der Waals surface area (Å²) < 4.78 is 12.8. The van der Waals surface area contributed by atoms with Gasteiger partial charge in [0, 0.05) is 25.1 Å². The van der Waals surface area contributed by atoms with Crippen molar-refractivity contribution in [1.82, 2.24) is 4.98 Å². The highest BCUT2D eigenvalue weighted by Crippen LogP contribution is 2.20. The average Bonchev–Trinajstić information content (AvgIpc) is 2.38. The molecule has 5 heteroatoms. The summed E-state index contributed by atoms with van der Waals surface area (Å²) in [5.74, 6) is -0.615. The molecule has 0 aliphatic heterocycles. The second-order valence-corrected chi connectivity index (χ2v) is 4.10. The first-order valence-corrected chi connectivity index (χ1v) is 5.60. The van der Waals surface area contributed by atoms with Crippen LogP contribution in [0.5, 0.6) is 0 Å². The zero-order valence-corrected chi connectivity index (χ0v) is 10.4. The van der Waals surface area contributed by atoms with E-state index in [1.807, 2.05) is 0 Å². The molecule has 2 rings (SSSR count). The second kappa shape index (κ2) is 5.14. The van der Waals surface area contributed by atoms with E-state index in [0.717, 1.165) is 0 Å². The molecule has 2 aromatic rings. The van der Waals surface area contributed by atoms with Crippen molar-refractivity contribution in [3.63, 3.8) is 0 Å². The van der Waals surface area contributed by atoms with E-state index in [1.54, 1.807) is 13.1 Å². The molecule has 0 saturated heterocycles. The quantitative estimate of drug-likeness (QED) is 0.835. The first-order chi connectivity index (χ1) is 8.59. The van der Waals surface area contributed by atoms with Gasteiger partial charge in [-0.05, 0) is 30.3 Å². The van der Waals surface area contributed by atoms with Gasteiger partial charge in [-0.2, -0.15) is 0 Å². The molecule has 0 unspecified atom stereocenters. The minimum Gasteiger partial charge on any atom is -0.311 e. The van der Waals surface area contributed by atoms with Gasteiger partial charge in [-0.3, -0.25) is 9.78 Å². The van der Waals surface area contributed by atoms with Crippen molar-refractivity contribution in [2.24, 2.45) is 0 Å². The van der Waals surface area contributed by atoms with Gasteiger partial charge in [-0.25, -0.2) is 4.39 Å². The number of carbonyl (C=O) groups excluding carboxylic acids is 1. The van der Waals surface area contributed by atoms with Crippen molar-refractivity contribution < 1.29 is 9.18 Å². The standard InChI is InChI=1S/C13H10ClFN2O/c1-17(10-4-2-9(15)3-5-10)13(18)11-6-7-16-8-12(11)14/h2-8H,1H3. The van der Waals surface area contributed by atoms with Crippen LogP contribution in [0.3, 0.4) is 0 Å². The van der Waals surface area contributed by atoms with E-state index >= 15 is 0 Å². The summed E-state index contributed by atoms with van der Waals surface area (Å²) in [7, 11) is 1.60. The number of anilines is 1. The third-order valence-corrected chi connectivity index (χ3v) is 2.82. The maximum atomic E-state index is 12.8. The van der Waals surface area contributed by atoms with Gasteiger partial charge in [-0.1, -0.05) is 11.6 Å². The summed E-state index contributed by atoms with van der Waals surface area (Å²) in [5.41, 5.74) is 0.952. The Morgan fingerprint density at radius 1 is 1.28 bits per heavy atom. The molecule has 0 aliphatic carbocycles. The van der Waals surface area contributed by atoms with Crippen molar-refractivity contribution >= 4 is 23.2 Å². The number of amides is 1. The first-order valence-electron chi connectivity index (χ1n) is 5.22. The summed E-state index contributed by atoms with van der Waals surface area (Å²) in [6.45, 7) is 0. The Labute approximate surface area is 109 Å². The topological polar surface area (TPSA) is 33.2 Å². The van der Waals surface area contributed by atoms with Crippen LogP contribution in [0.25, 0.3) is 0 Å². The van der Waals surface area contributed by atoms with Crippen LogP contribution in [0.2, 0.25) is 5.02 Å². The second-order valence-electron chi connectivity index (χ2n) is 3.70. The highest BCUT2D eigenvalue weighted by Gasteiger charge is 2.16. The predicted molar refractivity (Wildman–Crippen MR) is 68.4 cm³/mol. The first kappa shape index (κ1) is 12.5. The van der Waals surface area contributed by atoms with E-state index in [-0.39, 0.29) is 16.7 Å². The minimum absolute atomic E-state index is 0.269. The molecule has 0 saturated carbocycles. The number of aromatic nitrogens is 1. The predicted octanol–water partition coefficient (Wildman–Crippen LogP) is 3.15. The molecule has 0 N–H and O–H groups in total. The summed E-state index contributed by atoms with van der Waals surface area (Å²) >= 11 is 5.91. The SMILES string of the molecule is CN(C(=O)c1ccncc1Cl)c1ccc(F)cc1. The number of rotatable bonds is 2. The fourth-order valence-corrected chi connectivity index (χ4v) is 1.71. The molecule has 18 heavy (non-hydrogen) atoms. The lowest BCUT2D eigenvalue weighted by Gasteiger charge is -2.17. The largest absolute Gasteiger partial charge is 0.311 e. The van der Waals surface area contributed by atoms with E-state index in [4.69, 9.17) is 11.6 Å². The molecule has 1 aromatic carbocycles. The molecular formula is C13H10ClFN2O. The third kappa shape index (κ3) is 2.49. The lowest BCUT2D eigenvalue weighted by atomic mass is 10.2. The summed E-state index contributed by atoms with van der Waals surface area (Å²) in [6.07, 6.45) is 2.91. The van der Waals surface area contributed by atoms with E-state index in [1.165, 1.54) is 41.6 Å². The van der Waals surface area contributed by atoms with Crippen LogP contribution in [0.4, 0.5) is 10.1 Å². The zero-order valence-electron chi connectivity index (χ0n) is 9.60. The molecule has 92 valence electrons. The van der Waals surface area contributed by atoms with Gasteiger partial charge in [0.1, 0.15) is 5.82 Å². The molecule has 0 fully saturated rings. The molecule has 1 heterocycles. The lowest BCUT2D eigenvalue weighted by molar-refractivity contribution is 0.0993. The number of nitrogens with zero attached hydrogens (tertiary/aromatic N) is 2. The molecule has 0 bridgehead atoms. The maximum Gasteiger partial charge on any atom is 0.259 e. The normalized spacial score (nSPS) is 10.2. The van der Waals surface area contributed by atoms with Crippen LogP contribution < -0.4 is 4.90 Å². The van der Waals surface area contributed by atoms with Gasteiger partial charge in [-0.15, -0.1) is 0 Å². The van der Waals surface area contributed by atoms with E-state index in [9.17, 15) is 9.18 Å². The molecule has 0 atom stereocenters. The number of hydrogen-bond acceptors (Lipinski definition) is 2. The molecule has 0 radical (unpaired) electrons. The van der Waals surface area contributed by atoms with Crippen LogP contribution in [0.1, 0.15) is 10.4 Å². The Hall–Kier alpha value is -1.94. The van der Waals surface area contributed by atoms with Crippen molar-refractivity contribution in [1.29, 1.82) is 0 Å². The van der Waals surface area contributed by atoms with Crippen molar-refractivity contribution in [3.05, 3.63) is 59.1 Å². The molecule has 0 aliphatic rings. The van der Waals surface area contributed by atoms with Crippen LogP contribution in [0.15, 0.2) is 42.7 Å². The number of hydrogen-bond donors (Lipinski definition) is 0. The van der Waals surface area contributed by atoms with Crippen molar-refractivity contribution in [3.8, 4) is 0 Å². The van der Waals surface area contributed by atoms with Crippen LogP contribution in [0, 0.1) is 5.82 Å². The van der Waals surface area contributed by atoms with Crippen LogP contribution >= 0.6 is 11.6 Å². The fourth-order valence-electron chi connectivity index (χ4n) is 1.51. The average molecular weight is 265 g/mol. The van der Waals surface area contributed by atoms with Gasteiger partial charge in [0.15, 0.2) is 0 Å². The van der Waals surface area contributed by atoms with Gasteiger partial charge < -0.3 is 4.90 Å². The van der Waals surface area contributed by atoms with Crippen molar-refractivity contribution in [2.75, 3.05) is 11.9 Å². The number of carbonyl (C=O) groups is 1. The Bertz CT molecular complexity index is 571. The van der Waals surface area contributed by atoms with Gasteiger partial charge in [0.2, 0.25) is 0 Å². The molecule has 1 aromatic heterocycles. The maximum absolute atomic E-state index is 12.8. The minimum atomic E-state index is -0.346. The Kier molecular flexibility index (Phi) is 3.58. The van der Waals surface area contributed by atoms with E-state index in [2.05, 4.69) is 4.98 Å². The van der Waals surface area contributed by atoms with Gasteiger partial charge in [0.05, 0.1) is 10.6 Å². The third-order valence-electron chi connectivity index (χ3n) is 2.52. The Balaban J connectivity index is 2.29. The summed E-state index contributed by atoms with van der Waals surface area (Å²) in [6, 6.07) is 7.20. The molecule has 0 spiro atoms. The number of pyridine rings is 1. The van der Waals surface area contributed by atoms with E-state index < -0.39 is 0 Å². The van der Waals surface area contributed by atoms with Crippen molar-refractivity contribution in [2.45, 2.75) is 0 Å². The monoisotopic (exact) mass is 264 g/mol. The molecule has 3 nitrogen and oxygen atoms in total.